The molecule has 0 saturated heterocycles. The number of carbonyl (C=O) groups is 1. The Hall–Kier alpha value is -2.91. The van der Waals surface area contributed by atoms with Crippen LogP contribution in [0.3, 0.4) is 0 Å². The first-order valence-electron chi connectivity index (χ1n) is 9.41. The lowest BCUT2D eigenvalue weighted by Gasteiger charge is -2.11. The smallest absolute Gasteiger partial charge is 0.239 e. The molecule has 4 aromatic rings. The summed E-state index contributed by atoms with van der Waals surface area (Å²) in [5.41, 5.74) is 1.72. The summed E-state index contributed by atoms with van der Waals surface area (Å²) in [7, 11) is 0. The van der Waals surface area contributed by atoms with Crippen molar-refractivity contribution in [3.63, 3.8) is 0 Å². The van der Waals surface area contributed by atoms with Crippen molar-refractivity contribution in [2.45, 2.75) is 37.7 Å². The third-order valence-electron chi connectivity index (χ3n) is 4.58. The molecule has 0 spiro atoms. The molecule has 0 unspecified atom stereocenters. The second-order valence-corrected chi connectivity index (χ2v) is 9.28. The number of aryl methyl sites for hydroxylation is 2. The summed E-state index contributed by atoms with van der Waals surface area (Å²) in [4.78, 5) is 18.1. The lowest BCUT2D eigenvalue weighted by Crippen LogP contribution is -2.22. The quantitative estimate of drug-likeness (QED) is 0.320. The number of anilines is 1. The highest BCUT2D eigenvalue weighted by atomic mass is 32.2. The number of nitrogens with zero attached hydrogens (tertiary/aromatic N) is 4. The maximum atomic E-state index is 12.6. The summed E-state index contributed by atoms with van der Waals surface area (Å²) in [6.07, 6.45) is 1.77. The molecule has 7 nitrogen and oxygen atoms in total. The van der Waals surface area contributed by atoms with Crippen LogP contribution in [-0.2, 0) is 11.3 Å². The van der Waals surface area contributed by atoms with Crippen molar-refractivity contribution in [1.82, 2.24) is 19.7 Å². The predicted molar refractivity (Wildman–Crippen MR) is 121 cm³/mol. The summed E-state index contributed by atoms with van der Waals surface area (Å²) in [5, 5.41) is 13.4. The van der Waals surface area contributed by atoms with Gasteiger partial charge in [0.1, 0.15) is 5.58 Å². The number of nitrogens with one attached hydrogen (secondary N) is 1. The number of hydrogen-bond acceptors (Lipinski definition) is 7. The van der Waals surface area contributed by atoms with Crippen molar-refractivity contribution >= 4 is 45.1 Å². The van der Waals surface area contributed by atoms with Crippen LogP contribution < -0.4 is 5.32 Å². The van der Waals surface area contributed by atoms with Crippen LogP contribution in [0.2, 0.25) is 0 Å². The standard InChI is InChI=1S/C21H21N5O2S2/c1-5-10-26-18(17-11-15-8-6-7-9-16(15)28-17)24-25-21(26)30-14(4)19(27)23-20-22-12(2)13(3)29-20/h5-9,11,14H,1,10H2,2-4H3,(H,22,23,27)/t14-/m0/s1. The van der Waals surface area contributed by atoms with Crippen LogP contribution in [0.4, 0.5) is 5.13 Å². The Bertz CT molecular complexity index is 1170. The summed E-state index contributed by atoms with van der Waals surface area (Å²) in [6, 6.07) is 9.73. The van der Waals surface area contributed by atoms with E-state index in [2.05, 4.69) is 27.1 Å². The van der Waals surface area contributed by atoms with Crippen LogP contribution >= 0.6 is 23.1 Å². The van der Waals surface area contributed by atoms with E-state index in [4.69, 9.17) is 4.42 Å². The molecule has 4 rings (SSSR count). The van der Waals surface area contributed by atoms with Crippen LogP contribution in [-0.4, -0.2) is 30.9 Å². The Morgan fingerprint density at radius 3 is 2.87 bits per heavy atom. The van der Waals surface area contributed by atoms with Crippen LogP contribution in [0.5, 0.6) is 0 Å². The molecule has 1 atom stereocenters. The van der Waals surface area contributed by atoms with Gasteiger partial charge in [0.25, 0.3) is 0 Å². The maximum Gasteiger partial charge on any atom is 0.239 e. The van der Waals surface area contributed by atoms with Crippen LogP contribution in [0.15, 0.2) is 52.6 Å². The number of benzene rings is 1. The van der Waals surface area contributed by atoms with Gasteiger partial charge < -0.3 is 9.73 Å². The molecular weight excluding hydrogens is 418 g/mol. The first-order valence-corrected chi connectivity index (χ1v) is 11.1. The normalized spacial score (nSPS) is 12.2. The lowest BCUT2D eigenvalue weighted by atomic mass is 10.2. The average molecular weight is 440 g/mol. The Morgan fingerprint density at radius 2 is 2.17 bits per heavy atom. The van der Waals surface area contributed by atoms with E-state index in [0.717, 1.165) is 21.5 Å². The molecule has 0 bridgehead atoms. The van der Waals surface area contributed by atoms with Gasteiger partial charge >= 0.3 is 0 Å². The molecule has 0 aliphatic heterocycles. The summed E-state index contributed by atoms with van der Waals surface area (Å²) in [5.74, 6) is 1.10. The van der Waals surface area contributed by atoms with E-state index in [1.54, 1.807) is 6.08 Å². The maximum absolute atomic E-state index is 12.6. The molecule has 3 aromatic heterocycles. The van der Waals surface area contributed by atoms with Gasteiger partial charge in [-0.1, -0.05) is 36.0 Å². The Morgan fingerprint density at radius 1 is 1.37 bits per heavy atom. The number of fused-ring (bicyclic) bond motifs is 1. The lowest BCUT2D eigenvalue weighted by molar-refractivity contribution is -0.115. The second-order valence-electron chi connectivity index (χ2n) is 6.76. The monoisotopic (exact) mass is 439 g/mol. The fraction of sp³-hybridized carbons (Fsp3) is 0.238. The summed E-state index contributed by atoms with van der Waals surface area (Å²) < 4.78 is 7.85. The first kappa shape index (κ1) is 20.4. The minimum atomic E-state index is -0.384. The molecule has 9 heteroatoms. The van der Waals surface area contributed by atoms with Gasteiger partial charge in [-0.3, -0.25) is 9.36 Å². The molecule has 3 heterocycles. The van der Waals surface area contributed by atoms with Crippen molar-refractivity contribution < 1.29 is 9.21 Å². The topological polar surface area (TPSA) is 85.8 Å². The van der Waals surface area contributed by atoms with Crippen LogP contribution in [0, 0.1) is 13.8 Å². The molecule has 1 N–H and O–H groups in total. The number of carbonyl (C=O) groups excluding carboxylic acids is 1. The van der Waals surface area contributed by atoms with Gasteiger partial charge in [-0.2, -0.15) is 0 Å². The number of amides is 1. The van der Waals surface area contributed by atoms with E-state index in [1.165, 1.54) is 23.1 Å². The van der Waals surface area contributed by atoms with Crippen molar-refractivity contribution in [3.05, 3.63) is 53.6 Å². The van der Waals surface area contributed by atoms with Gasteiger partial charge in [-0.25, -0.2) is 4.98 Å². The predicted octanol–water partition coefficient (Wildman–Crippen LogP) is 5.07. The van der Waals surface area contributed by atoms with Gasteiger partial charge in [0.15, 0.2) is 16.0 Å². The van der Waals surface area contributed by atoms with E-state index in [9.17, 15) is 4.79 Å². The molecule has 154 valence electrons. The molecule has 1 aromatic carbocycles. The number of allylic oxidation sites excluding steroid dienone is 1. The first-order chi connectivity index (χ1) is 14.5. The number of furan rings is 1. The van der Waals surface area contributed by atoms with Crippen molar-refractivity contribution in [2.24, 2.45) is 0 Å². The fourth-order valence-corrected chi connectivity index (χ4v) is 4.56. The third kappa shape index (κ3) is 4.03. The van der Waals surface area contributed by atoms with Gasteiger partial charge in [-0.15, -0.1) is 28.1 Å². The van der Waals surface area contributed by atoms with Crippen molar-refractivity contribution in [2.75, 3.05) is 5.32 Å². The third-order valence-corrected chi connectivity index (χ3v) is 6.65. The van der Waals surface area contributed by atoms with E-state index in [1.807, 2.05) is 55.7 Å². The van der Waals surface area contributed by atoms with E-state index in [-0.39, 0.29) is 11.2 Å². The van der Waals surface area contributed by atoms with E-state index in [0.29, 0.717) is 28.4 Å². The Balaban J connectivity index is 1.56. The largest absolute Gasteiger partial charge is 0.453 e. The molecule has 0 fully saturated rings. The number of rotatable bonds is 7. The Kier molecular flexibility index (Phi) is 5.74. The van der Waals surface area contributed by atoms with Crippen molar-refractivity contribution in [1.29, 1.82) is 0 Å². The molecule has 1 amide bonds. The molecule has 0 aliphatic carbocycles. The molecular formula is C21H21N5O2S2. The molecule has 0 radical (unpaired) electrons. The van der Waals surface area contributed by atoms with Crippen LogP contribution in [0.25, 0.3) is 22.6 Å². The highest BCUT2D eigenvalue weighted by Gasteiger charge is 2.22. The number of thioether (sulfide) groups is 1. The highest BCUT2D eigenvalue weighted by molar-refractivity contribution is 8.00. The second kappa shape index (κ2) is 8.45. The fourth-order valence-electron chi connectivity index (χ4n) is 2.89. The zero-order valence-corrected chi connectivity index (χ0v) is 18.5. The number of para-hydroxylation sites is 1. The molecule has 30 heavy (non-hydrogen) atoms. The summed E-state index contributed by atoms with van der Waals surface area (Å²) >= 11 is 2.81. The number of aromatic nitrogens is 4. The van der Waals surface area contributed by atoms with Gasteiger partial charge in [-0.05, 0) is 32.9 Å². The average Bonchev–Trinajstić information content (AvgIpc) is 3.40. The highest BCUT2D eigenvalue weighted by Crippen LogP contribution is 2.31. The Labute approximate surface area is 182 Å². The SMILES string of the molecule is C=CCn1c(S[C@@H](C)C(=O)Nc2nc(C)c(C)s2)nnc1-c1cc2ccccc2o1. The number of thiazole rings is 1. The van der Waals surface area contributed by atoms with E-state index >= 15 is 0 Å². The zero-order chi connectivity index (χ0) is 21.3. The molecule has 0 aliphatic rings. The number of hydrogen-bond donors (Lipinski definition) is 1. The van der Waals surface area contributed by atoms with Gasteiger partial charge in [0.05, 0.1) is 10.9 Å². The minimum Gasteiger partial charge on any atom is -0.453 e. The zero-order valence-electron chi connectivity index (χ0n) is 16.9. The van der Waals surface area contributed by atoms with E-state index < -0.39 is 0 Å². The summed E-state index contributed by atoms with van der Waals surface area (Å²) in [6.45, 7) is 10.1. The minimum absolute atomic E-state index is 0.132. The molecule has 0 saturated carbocycles. The van der Waals surface area contributed by atoms with Crippen LogP contribution in [0.1, 0.15) is 17.5 Å². The van der Waals surface area contributed by atoms with Gasteiger partial charge in [0.2, 0.25) is 11.7 Å². The van der Waals surface area contributed by atoms with Gasteiger partial charge in [0, 0.05) is 16.8 Å². The van der Waals surface area contributed by atoms with Crippen molar-refractivity contribution in [3.8, 4) is 11.6 Å².